The Hall–Kier alpha value is -2.10. The Balaban J connectivity index is 2.33. The molecule has 1 aromatic heterocycles. The Morgan fingerprint density at radius 1 is 1.24 bits per heavy atom. The van der Waals surface area contributed by atoms with Crippen LogP contribution >= 0.6 is 0 Å². The standard InChI is InChI=1S/C13H12N2O2/c16-12-8-9-4-1-2-7-11(9)15(13(12)17)14-10-5-3-6-10/h1-2,4,7-8,16H,3,5-6H2. The molecule has 0 atom stereocenters. The van der Waals surface area contributed by atoms with E-state index in [4.69, 9.17) is 0 Å². The highest BCUT2D eigenvalue weighted by Gasteiger charge is 2.13. The van der Waals surface area contributed by atoms with E-state index in [1.54, 1.807) is 0 Å². The van der Waals surface area contributed by atoms with Crippen LogP contribution in [0.3, 0.4) is 0 Å². The van der Waals surface area contributed by atoms with E-state index in [9.17, 15) is 9.90 Å². The topological polar surface area (TPSA) is 54.6 Å². The molecule has 0 spiro atoms. The summed E-state index contributed by atoms with van der Waals surface area (Å²) in [6, 6.07) is 8.89. The van der Waals surface area contributed by atoms with Gasteiger partial charge in [-0.3, -0.25) is 4.79 Å². The highest BCUT2D eigenvalue weighted by Crippen LogP contribution is 2.19. The van der Waals surface area contributed by atoms with E-state index >= 15 is 0 Å². The molecular weight excluding hydrogens is 216 g/mol. The van der Waals surface area contributed by atoms with Gasteiger partial charge in [0.25, 0.3) is 0 Å². The number of nitrogens with zero attached hydrogens (tertiary/aromatic N) is 2. The molecule has 0 saturated heterocycles. The van der Waals surface area contributed by atoms with Gasteiger partial charge >= 0.3 is 5.56 Å². The van der Waals surface area contributed by atoms with E-state index in [-0.39, 0.29) is 5.75 Å². The second-order valence-electron chi connectivity index (χ2n) is 4.23. The molecule has 1 aliphatic carbocycles. The van der Waals surface area contributed by atoms with Crippen molar-refractivity contribution in [3.8, 4) is 5.75 Å². The third-order valence-electron chi connectivity index (χ3n) is 3.04. The van der Waals surface area contributed by atoms with Crippen molar-refractivity contribution in [2.45, 2.75) is 19.3 Å². The number of pyridine rings is 1. The number of aromatic hydroxyl groups is 1. The summed E-state index contributed by atoms with van der Waals surface area (Å²) in [5.74, 6) is -0.257. The minimum absolute atomic E-state index is 0.257. The zero-order valence-electron chi connectivity index (χ0n) is 9.26. The number of hydrogen-bond donors (Lipinski definition) is 1. The van der Waals surface area contributed by atoms with Crippen LogP contribution in [0.5, 0.6) is 5.75 Å². The van der Waals surface area contributed by atoms with Gasteiger partial charge in [-0.15, -0.1) is 0 Å². The molecule has 3 rings (SSSR count). The maximum atomic E-state index is 11.9. The first-order valence-corrected chi connectivity index (χ1v) is 5.66. The summed E-state index contributed by atoms with van der Waals surface area (Å²) in [7, 11) is 0. The number of fused-ring (bicyclic) bond motifs is 1. The molecule has 86 valence electrons. The van der Waals surface area contributed by atoms with Gasteiger partial charge in [-0.25, -0.2) is 0 Å². The first-order valence-electron chi connectivity index (χ1n) is 5.66. The van der Waals surface area contributed by atoms with Crippen molar-refractivity contribution in [3.63, 3.8) is 0 Å². The number of para-hydroxylation sites is 1. The first-order chi connectivity index (χ1) is 8.25. The lowest BCUT2D eigenvalue weighted by molar-refractivity contribution is 0.462. The molecule has 1 heterocycles. The van der Waals surface area contributed by atoms with Gasteiger partial charge in [0.15, 0.2) is 5.75 Å². The van der Waals surface area contributed by atoms with Gasteiger partial charge in [-0.2, -0.15) is 9.78 Å². The van der Waals surface area contributed by atoms with Crippen molar-refractivity contribution >= 4 is 16.6 Å². The zero-order chi connectivity index (χ0) is 11.8. The SMILES string of the molecule is O=c1c(O)cc2ccccc2n1N=C1CCC1. The molecule has 0 unspecified atom stereocenters. The predicted molar refractivity (Wildman–Crippen MR) is 66.6 cm³/mol. The molecule has 1 fully saturated rings. The molecule has 1 N–H and O–H groups in total. The van der Waals surface area contributed by atoms with Crippen molar-refractivity contribution in [2.75, 3.05) is 0 Å². The van der Waals surface area contributed by atoms with Gasteiger partial charge in [0.1, 0.15) is 0 Å². The summed E-state index contributed by atoms with van der Waals surface area (Å²) >= 11 is 0. The van der Waals surface area contributed by atoms with E-state index in [0.717, 1.165) is 35.9 Å². The highest BCUT2D eigenvalue weighted by molar-refractivity contribution is 5.90. The molecule has 0 amide bonds. The van der Waals surface area contributed by atoms with Crippen LogP contribution in [0.25, 0.3) is 10.9 Å². The van der Waals surface area contributed by atoms with Gasteiger partial charge in [-0.1, -0.05) is 18.2 Å². The monoisotopic (exact) mass is 228 g/mol. The maximum absolute atomic E-state index is 11.9. The summed E-state index contributed by atoms with van der Waals surface area (Å²) in [4.78, 5) is 11.9. The Morgan fingerprint density at radius 2 is 2.00 bits per heavy atom. The molecule has 4 nitrogen and oxygen atoms in total. The second-order valence-corrected chi connectivity index (χ2v) is 4.23. The normalized spacial score (nSPS) is 14.7. The summed E-state index contributed by atoms with van der Waals surface area (Å²) in [6.07, 6.45) is 3.01. The van der Waals surface area contributed by atoms with Crippen LogP contribution in [-0.2, 0) is 0 Å². The van der Waals surface area contributed by atoms with Crippen LogP contribution in [0.15, 0.2) is 40.2 Å². The van der Waals surface area contributed by atoms with E-state index in [1.807, 2.05) is 24.3 Å². The fraction of sp³-hybridized carbons (Fsp3) is 0.231. The fourth-order valence-corrected chi connectivity index (χ4v) is 1.90. The Bertz CT molecular complexity index is 665. The molecule has 4 heteroatoms. The van der Waals surface area contributed by atoms with Crippen molar-refractivity contribution in [3.05, 3.63) is 40.7 Å². The first kappa shape index (κ1) is 10.1. The van der Waals surface area contributed by atoms with Crippen molar-refractivity contribution in [1.29, 1.82) is 0 Å². The number of hydrogen-bond acceptors (Lipinski definition) is 3. The second kappa shape index (κ2) is 3.73. The molecule has 1 aromatic carbocycles. The number of rotatable bonds is 1. The quantitative estimate of drug-likeness (QED) is 0.812. The molecule has 0 bridgehead atoms. The third kappa shape index (κ3) is 1.62. The van der Waals surface area contributed by atoms with E-state index < -0.39 is 5.56 Å². The van der Waals surface area contributed by atoms with E-state index in [2.05, 4.69) is 5.10 Å². The van der Waals surface area contributed by atoms with Crippen LogP contribution < -0.4 is 5.56 Å². The summed E-state index contributed by atoms with van der Waals surface area (Å²) in [6.45, 7) is 0. The highest BCUT2D eigenvalue weighted by atomic mass is 16.3. The zero-order valence-corrected chi connectivity index (χ0v) is 9.26. The predicted octanol–water partition coefficient (Wildman–Crippen LogP) is 2.10. The largest absolute Gasteiger partial charge is 0.503 e. The Morgan fingerprint density at radius 3 is 2.71 bits per heavy atom. The van der Waals surface area contributed by atoms with Crippen LogP contribution in [0.2, 0.25) is 0 Å². The van der Waals surface area contributed by atoms with Gasteiger partial charge in [0.2, 0.25) is 0 Å². The van der Waals surface area contributed by atoms with Crippen LogP contribution in [0.4, 0.5) is 0 Å². The van der Waals surface area contributed by atoms with E-state index in [1.165, 1.54) is 10.7 Å². The van der Waals surface area contributed by atoms with Crippen molar-refractivity contribution < 1.29 is 5.11 Å². The Kier molecular flexibility index (Phi) is 2.21. The van der Waals surface area contributed by atoms with E-state index in [0.29, 0.717) is 0 Å². The lowest BCUT2D eigenvalue weighted by atomic mass is 9.98. The molecule has 0 aliphatic heterocycles. The summed E-state index contributed by atoms with van der Waals surface area (Å²) in [5, 5.41) is 14.7. The number of aromatic nitrogens is 1. The van der Waals surface area contributed by atoms with Crippen molar-refractivity contribution in [1.82, 2.24) is 4.68 Å². The van der Waals surface area contributed by atoms with Gasteiger partial charge in [-0.05, 0) is 31.4 Å². The number of benzene rings is 1. The Labute approximate surface area is 97.8 Å². The lowest BCUT2D eigenvalue weighted by Crippen LogP contribution is -2.20. The molecular formula is C13H12N2O2. The van der Waals surface area contributed by atoms with Gasteiger partial charge in [0, 0.05) is 11.1 Å². The average Bonchev–Trinajstić information content (AvgIpc) is 2.27. The molecule has 0 radical (unpaired) electrons. The lowest BCUT2D eigenvalue weighted by Gasteiger charge is -2.15. The van der Waals surface area contributed by atoms with Gasteiger partial charge in [0.05, 0.1) is 5.52 Å². The summed E-state index contributed by atoms with van der Waals surface area (Å²) < 4.78 is 1.30. The maximum Gasteiger partial charge on any atom is 0.313 e. The third-order valence-corrected chi connectivity index (χ3v) is 3.04. The van der Waals surface area contributed by atoms with Crippen LogP contribution in [0, 0.1) is 0 Å². The minimum Gasteiger partial charge on any atom is -0.503 e. The molecule has 1 saturated carbocycles. The molecule has 1 aliphatic rings. The molecule has 2 aromatic rings. The smallest absolute Gasteiger partial charge is 0.313 e. The minimum atomic E-state index is -0.455. The molecule has 17 heavy (non-hydrogen) atoms. The average molecular weight is 228 g/mol. The fourth-order valence-electron chi connectivity index (χ4n) is 1.90. The van der Waals surface area contributed by atoms with Crippen molar-refractivity contribution in [2.24, 2.45) is 5.10 Å². The summed E-state index contributed by atoms with van der Waals surface area (Å²) in [5.41, 5.74) is 1.29. The van der Waals surface area contributed by atoms with Crippen LogP contribution in [0.1, 0.15) is 19.3 Å². The van der Waals surface area contributed by atoms with Crippen LogP contribution in [-0.4, -0.2) is 15.5 Å². The van der Waals surface area contributed by atoms with Gasteiger partial charge < -0.3 is 5.11 Å².